The SMILES string of the molecule is COc1cc2ncnc(Nc3ccc(OCc4cccc(F)c4)c(Br)c3)c2cc1C1(CCCOCCS(=O)(=O)C(C)C)CC=CO1. The Kier molecular flexibility index (Phi) is 10.8. The maximum atomic E-state index is 13.5. The zero-order valence-corrected chi connectivity index (χ0v) is 28.4. The number of sulfone groups is 1. The number of benzene rings is 3. The molecular formula is C34H37BrFN3O6S. The summed E-state index contributed by atoms with van der Waals surface area (Å²) in [5, 5.41) is 3.76. The summed E-state index contributed by atoms with van der Waals surface area (Å²) < 4.78 is 62.1. The van der Waals surface area contributed by atoms with Gasteiger partial charge in [-0.05, 0) is 90.7 Å². The van der Waals surface area contributed by atoms with E-state index >= 15 is 0 Å². The van der Waals surface area contributed by atoms with Crippen molar-refractivity contribution in [3.8, 4) is 11.5 Å². The highest BCUT2D eigenvalue weighted by Crippen LogP contribution is 2.45. The van der Waals surface area contributed by atoms with Crippen LogP contribution in [0, 0.1) is 5.82 Å². The molecule has 0 fully saturated rings. The topological polar surface area (TPSA) is 109 Å². The van der Waals surface area contributed by atoms with Crippen LogP contribution in [0.5, 0.6) is 11.5 Å². The molecule has 4 aromatic rings. The fraction of sp³-hybridized carbons (Fsp3) is 0.353. The molecule has 5 rings (SSSR count). The molecule has 12 heteroatoms. The van der Waals surface area contributed by atoms with E-state index in [1.807, 2.05) is 42.5 Å². The van der Waals surface area contributed by atoms with Crippen LogP contribution in [-0.4, -0.2) is 49.7 Å². The number of rotatable bonds is 15. The fourth-order valence-corrected chi connectivity index (χ4v) is 6.55. The van der Waals surface area contributed by atoms with Crippen molar-refractivity contribution in [1.82, 2.24) is 9.97 Å². The van der Waals surface area contributed by atoms with Crippen molar-refractivity contribution < 1.29 is 31.8 Å². The van der Waals surface area contributed by atoms with Crippen LogP contribution in [0.25, 0.3) is 10.9 Å². The van der Waals surface area contributed by atoms with Crippen LogP contribution in [-0.2, 0) is 31.5 Å². The second-order valence-electron chi connectivity index (χ2n) is 11.3. The third kappa shape index (κ3) is 7.97. The quantitative estimate of drug-likeness (QED) is 0.125. The van der Waals surface area contributed by atoms with E-state index in [0.717, 1.165) is 26.7 Å². The van der Waals surface area contributed by atoms with Gasteiger partial charge in [-0.3, -0.25) is 0 Å². The number of nitrogens with one attached hydrogen (secondary N) is 1. The first-order chi connectivity index (χ1) is 22.1. The second-order valence-corrected chi connectivity index (χ2v) is 14.8. The van der Waals surface area contributed by atoms with Crippen molar-refractivity contribution in [2.45, 2.75) is 50.6 Å². The van der Waals surface area contributed by atoms with Gasteiger partial charge in [0, 0.05) is 35.7 Å². The third-order valence-electron chi connectivity index (χ3n) is 7.86. The standard InChI is InChI=1S/C34H37BrFN3O6S/c1-23(2)46(40,41)16-15-43-13-5-11-34(12-6-14-45-34)28-19-27-30(20-32(28)42-3)37-22-38-33(27)39-26-9-10-31(29(35)18-26)44-21-24-7-4-8-25(36)17-24/h4,6-10,14,17-20,22-23H,5,11-13,15-16,21H2,1-3H3,(H,37,38,39). The second kappa shape index (κ2) is 14.8. The molecule has 9 nitrogen and oxygen atoms in total. The number of hydrogen-bond donors (Lipinski definition) is 1. The fourth-order valence-electron chi connectivity index (χ4n) is 5.24. The predicted molar refractivity (Wildman–Crippen MR) is 180 cm³/mol. The van der Waals surface area contributed by atoms with E-state index in [-0.39, 0.29) is 24.8 Å². The first-order valence-electron chi connectivity index (χ1n) is 15.0. The van der Waals surface area contributed by atoms with Crippen LogP contribution >= 0.6 is 15.9 Å². The van der Waals surface area contributed by atoms with Gasteiger partial charge in [0.15, 0.2) is 9.84 Å². The first-order valence-corrected chi connectivity index (χ1v) is 17.5. The molecule has 1 aliphatic rings. The number of fused-ring (bicyclic) bond motifs is 1. The molecule has 1 aliphatic heterocycles. The van der Waals surface area contributed by atoms with Crippen LogP contribution in [0.1, 0.15) is 44.2 Å². The molecule has 2 heterocycles. The lowest BCUT2D eigenvalue weighted by Crippen LogP contribution is -2.26. The van der Waals surface area contributed by atoms with Gasteiger partial charge in [0.05, 0.1) is 41.0 Å². The van der Waals surface area contributed by atoms with E-state index in [2.05, 4.69) is 31.2 Å². The minimum absolute atomic E-state index is 0.00335. The van der Waals surface area contributed by atoms with Gasteiger partial charge >= 0.3 is 0 Å². The number of hydrogen-bond acceptors (Lipinski definition) is 9. The Morgan fingerprint density at radius 2 is 1.93 bits per heavy atom. The average molecular weight is 715 g/mol. The maximum Gasteiger partial charge on any atom is 0.154 e. The van der Waals surface area contributed by atoms with Crippen molar-refractivity contribution in [2.24, 2.45) is 0 Å². The van der Waals surface area contributed by atoms with Gasteiger partial charge in [-0.15, -0.1) is 0 Å². The molecule has 0 aliphatic carbocycles. The Bertz CT molecular complexity index is 1810. The van der Waals surface area contributed by atoms with Crippen LogP contribution in [0.4, 0.5) is 15.9 Å². The van der Waals surface area contributed by atoms with E-state index in [4.69, 9.17) is 18.9 Å². The normalized spacial score (nSPS) is 16.1. The molecule has 0 spiro atoms. The Labute approximate surface area is 277 Å². The molecule has 0 radical (unpaired) electrons. The van der Waals surface area contributed by atoms with Crippen LogP contribution in [0.15, 0.2) is 77.7 Å². The van der Waals surface area contributed by atoms with E-state index in [0.29, 0.717) is 48.7 Å². The molecule has 3 aromatic carbocycles. The molecule has 0 bridgehead atoms. The molecule has 1 unspecified atom stereocenters. The molecule has 244 valence electrons. The number of ether oxygens (including phenoxy) is 4. The number of nitrogens with zero attached hydrogens (tertiary/aromatic N) is 2. The van der Waals surface area contributed by atoms with Gasteiger partial charge < -0.3 is 24.3 Å². The van der Waals surface area contributed by atoms with Crippen LogP contribution < -0.4 is 14.8 Å². The van der Waals surface area contributed by atoms with Gasteiger partial charge in [-0.25, -0.2) is 22.8 Å². The number of anilines is 2. The van der Waals surface area contributed by atoms with E-state index < -0.39 is 20.7 Å². The summed E-state index contributed by atoms with van der Waals surface area (Å²) in [6.45, 7) is 4.15. The van der Waals surface area contributed by atoms with Crippen molar-refractivity contribution in [3.63, 3.8) is 0 Å². The summed E-state index contributed by atoms with van der Waals surface area (Å²) in [7, 11) is -1.53. The first kappa shape index (κ1) is 33.6. The highest BCUT2D eigenvalue weighted by molar-refractivity contribution is 9.10. The van der Waals surface area contributed by atoms with E-state index in [1.165, 1.54) is 18.5 Å². The lowest BCUT2D eigenvalue weighted by molar-refractivity contribution is 0.0191. The van der Waals surface area contributed by atoms with Crippen molar-refractivity contribution in [2.75, 3.05) is 31.4 Å². The molecule has 0 amide bonds. The molecule has 1 N–H and O–H groups in total. The van der Waals surface area contributed by atoms with Crippen molar-refractivity contribution >= 4 is 48.2 Å². The zero-order chi connectivity index (χ0) is 32.7. The Hall–Kier alpha value is -3.74. The van der Waals surface area contributed by atoms with Gasteiger partial charge in [-0.1, -0.05) is 12.1 Å². The molecule has 1 atom stereocenters. The highest BCUT2D eigenvalue weighted by atomic mass is 79.9. The molecular weight excluding hydrogens is 677 g/mol. The largest absolute Gasteiger partial charge is 0.496 e. The van der Waals surface area contributed by atoms with Crippen molar-refractivity contribution in [3.05, 3.63) is 94.7 Å². The summed E-state index contributed by atoms with van der Waals surface area (Å²) in [5.74, 6) is 1.56. The van der Waals surface area contributed by atoms with E-state index in [1.54, 1.807) is 33.3 Å². The molecule has 0 saturated heterocycles. The average Bonchev–Trinajstić information content (AvgIpc) is 3.51. The van der Waals surface area contributed by atoms with Gasteiger partial charge in [-0.2, -0.15) is 0 Å². The van der Waals surface area contributed by atoms with Gasteiger partial charge in [0.2, 0.25) is 0 Å². The zero-order valence-electron chi connectivity index (χ0n) is 26.0. The summed E-state index contributed by atoms with van der Waals surface area (Å²) in [6, 6.07) is 15.8. The third-order valence-corrected chi connectivity index (χ3v) is 10.7. The lowest BCUT2D eigenvalue weighted by Gasteiger charge is -2.31. The highest BCUT2D eigenvalue weighted by Gasteiger charge is 2.38. The number of aromatic nitrogens is 2. The van der Waals surface area contributed by atoms with E-state index in [9.17, 15) is 12.8 Å². The van der Waals surface area contributed by atoms with Crippen LogP contribution in [0.2, 0.25) is 0 Å². The molecule has 46 heavy (non-hydrogen) atoms. The van der Waals surface area contributed by atoms with Gasteiger partial charge in [0.25, 0.3) is 0 Å². The van der Waals surface area contributed by atoms with Crippen molar-refractivity contribution in [1.29, 1.82) is 0 Å². The Morgan fingerprint density at radius 3 is 2.65 bits per heavy atom. The summed E-state index contributed by atoms with van der Waals surface area (Å²) in [6.07, 6.45) is 7.10. The molecule has 0 saturated carbocycles. The number of methoxy groups -OCH3 is 1. The number of halogens is 2. The summed E-state index contributed by atoms with van der Waals surface area (Å²) in [4.78, 5) is 9.03. The monoisotopic (exact) mass is 713 g/mol. The Balaban J connectivity index is 1.32. The minimum Gasteiger partial charge on any atom is -0.496 e. The molecule has 1 aromatic heterocycles. The summed E-state index contributed by atoms with van der Waals surface area (Å²) in [5.41, 5.74) is 2.37. The van der Waals surface area contributed by atoms with Crippen LogP contribution in [0.3, 0.4) is 0 Å². The summed E-state index contributed by atoms with van der Waals surface area (Å²) >= 11 is 3.58. The minimum atomic E-state index is -3.15. The predicted octanol–water partition coefficient (Wildman–Crippen LogP) is 7.61. The lowest BCUT2D eigenvalue weighted by atomic mass is 9.85. The van der Waals surface area contributed by atoms with Gasteiger partial charge in [0.1, 0.15) is 41.7 Å². The Morgan fingerprint density at radius 1 is 1.09 bits per heavy atom. The smallest absolute Gasteiger partial charge is 0.154 e. The maximum absolute atomic E-state index is 13.5.